The lowest BCUT2D eigenvalue weighted by atomic mass is 10.2. The Balaban J connectivity index is 1.64. The fourth-order valence-electron chi connectivity index (χ4n) is 1.70. The third-order valence-corrected chi connectivity index (χ3v) is 3.59. The lowest BCUT2D eigenvalue weighted by Crippen LogP contribution is -2.42. The Bertz CT molecular complexity index is 480. The van der Waals surface area contributed by atoms with Crippen LogP contribution in [-0.4, -0.2) is 18.5 Å². The topological polar surface area (TPSA) is 54.3 Å². The number of amides is 1. The average Bonchev–Trinajstić information content (AvgIpc) is 3.08. The first kappa shape index (κ1) is 13.8. The van der Waals surface area contributed by atoms with Gasteiger partial charge in [-0.05, 0) is 54.4 Å². The summed E-state index contributed by atoms with van der Waals surface area (Å²) in [5.74, 6) is 0.751. The highest BCUT2D eigenvalue weighted by atomic mass is 32.1. The van der Waals surface area contributed by atoms with Gasteiger partial charge in [-0.2, -0.15) is 11.3 Å². The molecule has 4 nitrogen and oxygen atoms in total. The van der Waals surface area contributed by atoms with Gasteiger partial charge in [0.05, 0.1) is 18.8 Å². The van der Waals surface area contributed by atoms with E-state index in [1.165, 1.54) is 5.56 Å². The second-order valence-corrected chi connectivity index (χ2v) is 5.13. The van der Waals surface area contributed by atoms with Crippen molar-refractivity contribution in [1.29, 1.82) is 0 Å². The largest absolute Gasteiger partial charge is 0.467 e. The van der Waals surface area contributed by atoms with Gasteiger partial charge in [-0.15, -0.1) is 0 Å². The molecular weight excluding hydrogens is 260 g/mol. The predicted molar refractivity (Wildman–Crippen MR) is 76.0 cm³/mol. The molecule has 1 atom stereocenters. The summed E-state index contributed by atoms with van der Waals surface area (Å²) >= 11 is 1.69. The SMILES string of the molecule is CC(NCCc1ccsc1)C(=O)NCc1ccco1. The van der Waals surface area contributed by atoms with E-state index in [2.05, 4.69) is 27.5 Å². The molecule has 0 fully saturated rings. The summed E-state index contributed by atoms with van der Waals surface area (Å²) in [7, 11) is 0. The van der Waals surface area contributed by atoms with Crippen LogP contribution in [-0.2, 0) is 17.8 Å². The zero-order chi connectivity index (χ0) is 13.5. The molecule has 2 heterocycles. The van der Waals surface area contributed by atoms with Crippen molar-refractivity contribution in [2.45, 2.75) is 25.9 Å². The second-order valence-electron chi connectivity index (χ2n) is 4.35. The normalized spacial score (nSPS) is 12.3. The molecule has 102 valence electrons. The van der Waals surface area contributed by atoms with Gasteiger partial charge < -0.3 is 15.1 Å². The molecule has 2 aromatic heterocycles. The van der Waals surface area contributed by atoms with Gasteiger partial charge in [0.15, 0.2) is 0 Å². The van der Waals surface area contributed by atoms with Crippen molar-refractivity contribution in [2.24, 2.45) is 0 Å². The van der Waals surface area contributed by atoms with E-state index in [0.29, 0.717) is 6.54 Å². The Kier molecular flexibility index (Phi) is 5.18. The summed E-state index contributed by atoms with van der Waals surface area (Å²) in [6.07, 6.45) is 2.54. The number of carbonyl (C=O) groups is 1. The van der Waals surface area contributed by atoms with Crippen molar-refractivity contribution in [2.75, 3.05) is 6.54 Å². The van der Waals surface area contributed by atoms with E-state index in [0.717, 1.165) is 18.7 Å². The van der Waals surface area contributed by atoms with Crippen LogP contribution in [0.1, 0.15) is 18.2 Å². The molecule has 1 amide bonds. The molecule has 2 rings (SSSR count). The molecule has 2 aromatic rings. The van der Waals surface area contributed by atoms with E-state index < -0.39 is 0 Å². The number of thiophene rings is 1. The fraction of sp³-hybridized carbons (Fsp3) is 0.357. The first-order valence-corrected chi connectivity index (χ1v) is 7.24. The molecule has 0 saturated heterocycles. The quantitative estimate of drug-likeness (QED) is 0.816. The molecule has 0 aromatic carbocycles. The van der Waals surface area contributed by atoms with E-state index in [1.807, 2.05) is 19.1 Å². The van der Waals surface area contributed by atoms with Gasteiger partial charge >= 0.3 is 0 Å². The summed E-state index contributed by atoms with van der Waals surface area (Å²) in [6, 6.07) is 5.56. The van der Waals surface area contributed by atoms with Gasteiger partial charge in [0.1, 0.15) is 5.76 Å². The minimum Gasteiger partial charge on any atom is -0.467 e. The van der Waals surface area contributed by atoms with Crippen LogP contribution in [0.4, 0.5) is 0 Å². The first-order chi connectivity index (χ1) is 9.25. The van der Waals surface area contributed by atoms with Crippen molar-refractivity contribution in [3.8, 4) is 0 Å². The van der Waals surface area contributed by atoms with Crippen LogP contribution in [0.15, 0.2) is 39.6 Å². The number of nitrogens with one attached hydrogen (secondary N) is 2. The van der Waals surface area contributed by atoms with E-state index in [-0.39, 0.29) is 11.9 Å². The minimum absolute atomic E-state index is 0.0123. The summed E-state index contributed by atoms with van der Waals surface area (Å²) in [5, 5.41) is 10.2. The molecule has 5 heteroatoms. The smallest absolute Gasteiger partial charge is 0.237 e. The van der Waals surface area contributed by atoms with Crippen molar-refractivity contribution >= 4 is 17.2 Å². The van der Waals surface area contributed by atoms with E-state index in [9.17, 15) is 4.79 Å². The lowest BCUT2D eigenvalue weighted by molar-refractivity contribution is -0.123. The minimum atomic E-state index is -0.200. The van der Waals surface area contributed by atoms with Crippen molar-refractivity contribution in [3.05, 3.63) is 46.5 Å². The van der Waals surface area contributed by atoms with Crippen LogP contribution in [0.5, 0.6) is 0 Å². The lowest BCUT2D eigenvalue weighted by Gasteiger charge is -2.13. The molecule has 0 saturated carbocycles. The van der Waals surface area contributed by atoms with Gasteiger partial charge in [-0.25, -0.2) is 0 Å². The Morgan fingerprint density at radius 3 is 3.05 bits per heavy atom. The fourth-order valence-corrected chi connectivity index (χ4v) is 2.40. The Labute approximate surface area is 116 Å². The van der Waals surface area contributed by atoms with Gasteiger partial charge in [0, 0.05) is 0 Å². The van der Waals surface area contributed by atoms with E-state index in [4.69, 9.17) is 4.42 Å². The molecule has 1 unspecified atom stereocenters. The number of carbonyl (C=O) groups excluding carboxylic acids is 1. The molecule has 0 spiro atoms. The number of furan rings is 1. The van der Waals surface area contributed by atoms with Crippen LogP contribution in [0.25, 0.3) is 0 Å². The van der Waals surface area contributed by atoms with Gasteiger partial charge in [-0.3, -0.25) is 4.79 Å². The molecule has 2 N–H and O–H groups in total. The highest BCUT2D eigenvalue weighted by molar-refractivity contribution is 7.07. The summed E-state index contributed by atoms with van der Waals surface area (Å²) in [5.41, 5.74) is 1.31. The zero-order valence-electron chi connectivity index (χ0n) is 10.9. The molecule has 0 aliphatic carbocycles. The van der Waals surface area contributed by atoms with Crippen LogP contribution in [0.3, 0.4) is 0 Å². The Hall–Kier alpha value is -1.59. The molecule has 0 radical (unpaired) electrons. The third kappa shape index (κ3) is 4.54. The van der Waals surface area contributed by atoms with E-state index in [1.54, 1.807) is 17.6 Å². The highest BCUT2D eigenvalue weighted by Gasteiger charge is 2.11. The van der Waals surface area contributed by atoms with Crippen molar-refractivity contribution in [3.63, 3.8) is 0 Å². The van der Waals surface area contributed by atoms with E-state index >= 15 is 0 Å². The van der Waals surface area contributed by atoms with Crippen LogP contribution < -0.4 is 10.6 Å². The monoisotopic (exact) mass is 278 g/mol. The molecule has 0 aliphatic heterocycles. The van der Waals surface area contributed by atoms with Crippen molar-refractivity contribution in [1.82, 2.24) is 10.6 Å². The first-order valence-electron chi connectivity index (χ1n) is 6.30. The second kappa shape index (κ2) is 7.11. The highest BCUT2D eigenvalue weighted by Crippen LogP contribution is 2.05. The number of hydrogen-bond donors (Lipinski definition) is 2. The molecule has 0 aliphatic rings. The maximum atomic E-state index is 11.8. The summed E-state index contributed by atoms with van der Waals surface area (Å²) < 4.78 is 5.16. The summed E-state index contributed by atoms with van der Waals surface area (Å²) in [4.78, 5) is 11.8. The van der Waals surface area contributed by atoms with Gasteiger partial charge in [0.2, 0.25) is 5.91 Å². The van der Waals surface area contributed by atoms with Crippen LogP contribution in [0, 0.1) is 0 Å². The van der Waals surface area contributed by atoms with Gasteiger partial charge in [-0.1, -0.05) is 0 Å². The number of hydrogen-bond acceptors (Lipinski definition) is 4. The molecular formula is C14H18N2O2S. The zero-order valence-corrected chi connectivity index (χ0v) is 11.7. The predicted octanol–water partition coefficient (Wildman–Crippen LogP) is 2.18. The number of rotatable bonds is 7. The third-order valence-electron chi connectivity index (χ3n) is 2.85. The average molecular weight is 278 g/mol. The molecule has 19 heavy (non-hydrogen) atoms. The molecule has 0 bridgehead atoms. The van der Waals surface area contributed by atoms with Gasteiger partial charge in [0.25, 0.3) is 0 Å². The summed E-state index contributed by atoms with van der Waals surface area (Å²) in [6.45, 7) is 3.10. The standard InChI is InChI=1S/C14H18N2O2S/c1-11(15-6-4-12-5-8-19-10-12)14(17)16-9-13-3-2-7-18-13/h2-3,5,7-8,10-11,15H,4,6,9H2,1H3,(H,16,17). The Morgan fingerprint density at radius 2 is 2.37 bits per heavy atom. The van der Waals surface area contributed by atoms with Crippen molar-refractivity contribution < 1.29 is 9.21 Å². The Morgan fingerprint density at radius 1 is 1.47 bits per heavy atom. The van der Waals surface area contributed by atoms with Crippen LogP contribution in [0.2, 0.25) is 0 Å². The van der Waals surface area contributed by atoms with Crippen LogP contribution >= 0.6 is 11.3 Å². The maximum absolute atomic E-state index is 11.8. The maximum Gasteiger partial charge on any atom is 0.237 e.